The molecule has 1 saturated heterocycles. The Bertz CT molecular complexity index is 248. The van der Waals surface area contributed by atoms with Crippen LogP contribution < -0.4 is 5.32 Å². The minimum Gasteiger partial charge on any atom is -0.339 e. The molecule has 1 aliphatic heterocycles. The van der Waals surface area contributed by atoms with Gasteiger partial charge in [0.05, 0.1) is 6.04 Å². The molecular weight excluding hydrogens is 200 g/mol. The smallest absolute Gasteiger partial charge is 0.239 e. The van der Waals surface area contributed by atoms with Crippen LogP contribution in [0, 0.1) is 5.92 Å². The van der Waals surface area contributed by atoms with Crippen LogP contribution in [0.25, 0.3) is 0 Å². The maximum Gasteiger partial charge on any atom is 0.239 e. The Kier molecular flexibility index (Phi) is 3.85. The van der Waals surface area contributed by atoms with E-state index in [-0.39, 0.29) is 6.04 Å². The predicted octanol–water partition coefficient (Wildman–Crippen LogP) is 1.78. The first-order chi connectivity index (χ1) is 7.72. The highest BCUT2D eigenvalue weighted by molar-refractivity contribution is 5.82. The first kappa shape index (κ1) is 11.9. The zero-order chi connectivity index (χ0) is 11.5. The predicted molar refractivity (Wildman–Crippen MR) is 65.2 cm³/mol. The second-order valence-corrected chi connectivity index (χ2v) is 5.31. The van der Waals surface area contributed by atoms with Gasteiger partial charge in [-0.25, -0.2) is 0 Å². The molecule has 0 aromatic heterocycles. The number of nitrogens with one attached hydrogen (secondary N) is 1. The van der Waals surface area contributed by atoms with Crippen LogP contribution in [0.5, 0.6) is 0 Å². The lowest BCUT2D eigenvalue weighted by atomic mass is 10.0. The van der Waals surface area contributed by atoms with Crippen molar-refractivity contribution in [1.29, 1.82) is 0 Å². The van der Waals surface area contributed by atoms with Crippen LogP contribution in [-0.4, -0.2) is 36.0 Å². The molecule has 0 spiro atoms. The van der Waals surface area contributed by atoms with Gasteiger partial charge in [0.25, 0.3) is 0 Å². The molecule has 2 unspecified atom stereocenters. The van der Waals surface area contributed by atoms with Gasteiger partial charge in [0, 0.05) is 12.6 Å². The van der Waals surface area contributed by atoms with Crippen molar-refractivity contribution >= 4 is 5.91 Å². The maximum atomic E-state index is 12.2. The van der Waals surface area contributed by atoms with Gasteiger partial charge < -0.3 is 10.2 Å². The summed E-state index contributed by atoms with van der Waals surface area (Å²) < 4.78 is 0. The van der Waals surface area contributed by atoms with Crippen molar-refractivity contribution in [2.45, 2.75) is 58.0 Å². The fraction of sp³-hybridized carbons (Fsp3) is 0.923. The Morgan fingerprint density at radius 2 is 2.19 bits per heavy atom. The third-order valence-corrected chi connectivity index (χ3v) is 3.83. The Balaban J connectivity index is 1.88. The molecule has 2 atom stereocenters. The van der Waals surface area contributed by atoms with Crippen LogP contribution in [0.15, 0.2) is 0 Å². The number of nitrogens with zero attached hydrogens (tertiary/aromatic N) is 1. The van der Waals surface area contributed by atoms with E-state index in [1.165, 1.54) is 19.3 Å². The molecule has 2 aliphatic rings. The van der Waals surface area contributed by atoms with E-state index >= 15 is 0 Å². The van der Waals surface area contributed by atoms with Crippen molar-refractivity contribution in [1.82, 2.24) is 10.2 Å². The van der Waals surface area contributed by atoms with E-state index in [4.69, 9.17) is 0 Å². The van der Waals surface area contributed by atoms with Crippen LogP contribution in [-0.2, 0) is 4.79 Å². The molecule has 0 radical (unpaired) electrons. The number of amides is 1. The highest BCUT2D eigenvalue weighted by Crippen LogP contribution is 2.35. The molecule has 1 aliphatic carbocycles. The molecule has 3 nitrogen and oxygen atoms in total. The minimum atomic E-state index is 0.0837. The standard InChI is InChI=1S/C13H24N2O/c1-3-14-12-5-4-8-15(13(12)16)10(2)9-11-6-7-11/h10-12,14H,3-9H2,1-2H3. The van der Waals surface area contributed by atoms with Crippen molar-refractivity contribution in [3.8, 4) is 0 Å². The molecule has 16 heavy (non-hydrogen) atoms. The van der Waals surface area contributed by atoms with Gasteiger partial charge in [0.2, 0.25) is 5.91 Å². The van der Waals surface area contributed by atoms with Crippen LogP contribution in [0.4, 0.5) is 0 Å². The summed E-state index contributed by atoms with van der Waals surface area (Å²) in [6, 6.07) is 0.529. The van der Waals surface area contributed by atoms with E-state index in [2.05, 4.69) is 24.1 Å². The lowest BCUT2D eigenvalue weighted by molar-refractivity contribution is -0.138. The van der Waals surface area contributed by atoms with Crippen LogP contribution in [0.2, 0.25) is 0 Å². The van der Waals surface area contributed by atoms with Gasteiger partial charge in [-0.05, 0) is 38.6 Å². The molecule has 2 fully saturated rings. The average molecular weight is 224 g/mol. The maximum absolute atomic E-state index is 12.2. The monoisotopic (exact) mass is 224 g/mol. The topological polar surface area (TPSA) is 32.3 Å². The molecule has 1 heterocycles. The highest BCUT2D eigenvalue weighted by atomic mass is 16.2. The number of rotatable bonds is 5. The number of hydrogen-bond donors (Lipinski definition) is 1. The minimum absolute atomic E-state index is 0.0837. The van der Waals surface area contributed by atoms with E-state index in [1.54, 1.807) is 0 Å². The fourth-order valence-corrected chi connectivity index (χ4v) is 2.74. The normalized spacial score (nSPS) is 28.2. The molecule has 0 aromatic carbocycles. The number of piperidine rings is 1. The van der Waals surface area contributed by atoms with Crippen LogP contribution >= 0.6 is 0 Å². The lowest BCUT2D eigenvalue weighted by Gasteiger charge is -2.37. The van der Waals surface area contributed by atoms with Gasteiger partial charge in [-0.1, -0.05) is 19.8 Å². The summed E-state index contributed by atoms with van der Waals surface area (Å²) in [5.41, 5.74) is 0. The summed E-state index contributed by atoms with van der Waals surface area (Å²) in [7, 11) is 0. The molecule has 0 bridgehead atoms. The highest BCUT2D eigenvalue weighted by Gasteiger charge is 2.33. The molecule has 0 aromatic rings. The number of carbonyl (C=O) groups excluding carboxylic acids is 1. The van der Waals surface area contributed by atoms with Crippen molar-refractivity contribution in [3.05, 3.63) is 0 Å². The van der Waals surface area contributed by atoms with E-state index in [0.29, 0.717) is 11.9 Å². The van der Waals surface area contributed by atoms with Gasteiger partial charge in [-0.15, -0.1) is 0 Å². The Labute approximate surface area is 98.6 Å². The summed E-state index contributed by atoms with van der Waals surface area (Å²) in [5.74, 6) is 1.24. The zero-order valence-electron chi connectivity index (χ0n) is 10.5. The summed E-state index contributed by atoms with van der Waals surface area (Å²) in [5, 5.41) is 3.30. The van der Waals surface area contributed by atoms with Crippen LogP contribution in [0.3, 0.4) is 0 Å². The molecule has 1 N–H and O–H groups in total. The molecule has 92 valence electrons. The van der Waals surface area contributed by atoms with Gasteiger partial charge >= 0.3 is 0 Å². The first-order valence-corrected chi connectivity index (χ1v) is 6.76. The van der Waals surface area contributed by atoms with Gasteiger partial charge in [0.1, 0.15) is 0 Å². The Hall–Kier alpha value is -0.570. The third-order valence-electron chi connectivity index (χ3n) is 3.83. The number of likely N-dealkylation sites (tertiary alicyclic amines) is 1. The number of carbonyl (C=O) groups is 1. The van der Waals surface area contributed by atoms with E-state index in [0.717, 1.165) is 31.8 Å². The molecule has 1 amide bonds. The van der Waals surface area contributed by atoms with Crippen molar-refractivity contribution in [3.63, 3.8) is 0 Å². The molecule has 2 rings (SSSR count). The Morgan fingerprint density at radius 3 is 2.81 bits per heavy atom. The van der Waals surface area contributed by atoms with E-state index in [9.17, 15) is 4.79 Å². The third kappa shape index (κ3) is 2.76. The Morgan fingerprint density at radius 1 is 1.44 bits per heavy atom. The van der Waals surface area contributed by atoms with Crippen molar-refractivity contribution in [2.75, 3.05) is 13.1 Å². The second-order valence-electron chi connectivity index (χ2n) is 5.31. The van der Waals surface area contributed by atoms with Gasteiger partial charge in [-0.2, -0.15) is 0 Å². The quantitative estimate of drug-likeness (QED) is 0.772. The van der Waals surface area contributed by atoms with Crippen LogP contribution in [0.1, 0.15) is 46.0 Å². The van der Waals surface area contributed by atoms with Crippen molar-refractivity contribution in [2.24, 2.45) is 5.92 Å². The summed E-state index contributed by atoms with van der Waals surface area (Å²) in [4.78, 5) is 14.3. The first-order valence-electron chi connectivity index (χ1n) is 6.76. The van der Waals surface area contributed by atoms with E-state index in [1.807, 2.05) is 0 Å². The number of hydrogen-bond acceptors (Lipinski definition) is 2. The largest absolute Gasteiger partial charge is 0.339 e. The molecule has 3 heteroatoms. The van der Waals surface area contributed by atoms with E-state index < -0.39 is 0 Å². The SMILES string of the molecule is CCNC1CCCN(C(C)CC2CC2)C1=O. The number of likely N-dealkylation sites (N-methyl/N-ethyl adjacent to an activating group) is 1. The summed E-state index contributed by atoms with van der Waals surface area (Å²) in [6.07, 6.45) is 6.13. The summed E-state index contributed by atoms with van der Waals surface area (Å²) >= 11 is 0. The fourth-order valence-electron chi connectivity index (χ4n) is 2.74. The zero-order valence-corrected chi connectivity index (χ0v) is 10.5. The molecule has 1 saturated carbocycles. The average Bonchev–Trinajstić information content (AvgIpc) is 3.05. The van der Waals surface area contributed by atoms with Gasteiger partial charge in [-0.3, -0.25) is 4.79 Å². The second kappa shape index (κ2) is 5.17. The molecular formula is C13H24N2O. The lowest BCUT2D eigenvalue weighted by Crippen LogP contribution is -2.53. The summed E-state index contributed by atoms with van der Waals surface area (Å²) in [6.45, 7) is 6.14. The van der Waals surface area contributed by atoms with Gasteiger partial charge in [0.15, 0.2) is 0 Å². The van der Waals surface area contributed by atoms with Crippen molar-refractivity contribution < 1.29 is 4.79 Å².